The van der Waals surface area contributed by atoms with E-state index >= 15 is 0 Å². The number of piperidine rings is 2. The minimum atomic E-state index is -0.310. The molecular formula is C31H49ClI4N10O3V-. The molecule has 0 bridgehead atoms. The molecule has 50 heavy (non-hydrogen) atoms. The quantitative estimate of drug-likeness (QED) is 0.115. The molecule has 0 aliphatic carbocycles. The van der Waals surface area contributed by atoms with Crippen LogP contribution in [0.15, 0.2) is 17.2 Å². The van der Waals surface area contributed by atoms with Gasteiger partial charge < -0.3 is 26.7 Å². The zero-order valence-electron chi connectivity index (χ0n) is 29.9. The van der Waals surface area contributed by atoms with E-state index < -0.39 is 0 Å². The number of aromatic amines is 1. The van der Waals surface area contributed by atoms with Crippen LogP contribution in [0.2, 0.25) is 5.28 Å². The molecule has 0 atom stereocenters. The molecule has 0 unspecified atom stereocenters. The van der Waals surface area contributed by atoms with Crippen LogP contribution in [0.5, 0.6) is 12.0 Å². The van der Waals surface area contributed by atoms with Crippen molar-refractivity contribution >= 4 is 105 Å². The zero-order chi connectivity index (χ0) is 36.2. The summed E-state index contributed by atoms with van der Waals surface area (Å²) in [5, 5.41) is 8.61. The van der Waals surface area contributed by atoms with Gasteiger partial charge in [0.05, 0.1) is 12.4 Å². The second-order valence-corrected chi connectivity index (χ2v) is 49.5. The van der Waals surface area contributed by atoms with Gasteiger partial charge >= 0.3 is 76.6 Å². The van der Waals surface area contributed by atoms with E-state index in [9.17, 15) is 4.79 Å². The Labute approximate surface area is 352 Å². The van der Waals surface area contributed by atoms with Crippen LogP contribution in [0.3, 0.4) is 0 Å². The van der Waals surface area contributed by atoms with Gasteiger partial charge in [-0.05, 0) is 67.6 Å². The average molecular weight is 1200 g/mol. The number of nitrogens with one attached hydrogen (secondary N) is 1. The third-order valence-electron chi connectivity index (χ3n) is 7.85. The summed E-state index contributed by atoms with van der Waals surface area (Å²) in [5.74, 6) is 0.581. The van der Waals surface area contributed by atoms with Gasteiger partial charge in [-0.15, -0.1) is 0 Å². The van der Waals surface area contributed by atoms with E-state index in [0.29, 0.717) is 23.6 Å². The average Bonchev–Trinajstić information content (AvgIpc) is 3.66. The molecule has 2 fully saturated rings. The molecule has 0 saturated carbocycles. The normalized spacial score (nSPS) is 16.0. The van der Waals surface area contributed by atoms with Gasteiger partial charge in [0.1, 0.15) is 12.2 Å². The Morgan fingerprint density at radius 2 is 1.26 bits per heavy atom. The van der Waals surface area contributed by atoms with Crippen molar-refractivity contribution in [2.24, 2.45) is 0 Å². The molecule has 13 nitrogen and oxygen atoms in total. The second kappa shape index (κ2) is 23.2. The Hall–Kier alpha value is 0.214. The van der Waals surface area contributed by atoms with Gasteiger partial charge in [0.15, 0.2) is 11.3 Å². The molecule has 0 radical (unpaired) electrons. The second-order valence-electron chi connectivity index (χ2n) is 12.3. The summed E-state index contributed by atoms with van der Waals surface area (Å²) in [7, 11) is 4.22. The van der Waals surface area contributed by atoms with Crippen molar-refractivity contribution in [1.82, 2.24) is 49.0 Å². The first-order valence-corrected chi connectivity index (χ1v) is 31.6. The summed E-state index contributed by atoms with van der Waals surface area (Å²) in [6.07, 6.45) is 7.62. The number of rotatable bonds is 6. The molecule has 0 spiro atoms. The number of nitrogens with zero attached hydrogens (tertiary/aromatic N) is 9. The monoisotopic (exact) mass is 1200 g/mol. The Morgan fingerprint density at radius 1 is 0.840 bits per heavy atom. The van der Waals surface area contributed by atoms with Crippen molar-refractivity contribution in [3.63, 3.8) is 0 Å². The van der Waals surface area contributed by atoms with E-state index in [1.165, 1.54) is 8.94 Å². The number of hydrogen-bond donors (Lipinski definition) is 1. The van der Waals surface area contributed by atoms with Crippen LogP contribution < -0.4 is 15.2 Å². The first-order valence-electron chi connectivity index (χ1n) is 16.2. The van der Waals surface area contributed by atoms with Crippen LogP contribution in [-0.2, 0) is 4.92 Å². The van der Waals surface area contributed by atoms with E-state index in [-0.39, 0.29) is 41.4 Å². The number of aromatic nitrogens is 8. The van der Waals surface area contributed by atoms with Crippen molar-refractivity contribution in [1.29, 1.82) is 0 Å². The van der Waals surface area contributed by atoms with E-state index in [4.69, 9.17) is 21.1 Å². The van der Waals surface area contributed by atoms with Gasteiger partial charge in [-0.2, -0.15) is 34.2 Å². The predicted molar refractivity (Wildman–Crippen MR) is 233 cm³/mol. The maximum absolute atomic E-state index is 12.0. The fourth-order valence-electron chi connectivity index (χ4n) is 5.16. The molecule has 2 aliphatic rings. The van der Waals surface area contributed by atoms with Gasteiger partial charge in [-0.1, -0.05) is 57.2 Å². The first-order chi connectivity index (χ1) is 23.2. The standard InChI is InChI=1S/C14H20ClN5O.C14H21N5O2.C2H5I.CH3.3HI.V/c1-9(2)11-8-16-20-12(11)17-14(18-13(20)15)21-10-4-6-19(3)7-5-10;1-9(2)11-8-15-19-12(11)16-13(17-14(19)20)21-10-4-6-18(3)7-5-10;1-2-3;;;;;/h8-10H,4-7H2,1-3H3;8-10H,4-7H2,1-3H3,(H,16,17,20);2H2,1H3;1H3;3*1H;/q;;;-1;;;;+3/p-3. The zero-order valence-corrected chi connectivity index (χ0v) is 40.7. The van der Waals surface area contributed by atoms with Gasteiger partial charge in [0.2, 0.25) is 5.28 Å². The summed E-state index contributed by atoms with van der Waals surface area (Å²) in [6.45, 7) is 14.5. The molecule has 6 heterocycles. The number of halogens is 5. The molecule has 19 heteroatoms. The minimum absolute atomic E-state index is 0. The molecular weight excluding hydrogens is 1150 g/mol. The first kappa shape index (κ1) is 46.4. The predicted octanol–water partition coefficient (Wildman–Crippen LogP) is 7.93. The van der Waals surface area contributed by atoms with Crippen LogP contribution in [0.4, 0.5) is 0 Å². The van der Waals surface area contributed by atoms with Crippen molar-refractivity contribution in [2.45, 2.75) is 84.3 Å². The molecule has 4 aromatic heterocycles. The summed E-state index contributed by atoms with van der Waals surface area (Å²) in [4.78, 5) is 32.1. The van der Waals surface area contributed by atoms with Crippen LogP contribution in [0.25, 0.3) is 11.3 Å². The molecule has 2 aliphatic heterocycles. The van der Waals surface area contributed by atoms with Crippen LogP contribution >= 0.6 is 94.1 Å². The Kier molecular flexibility index (Phi) is 21.5. The third-order valence-corrected chi connectivity index (χ3v) is 8.09. The number of H-pyrrole nitrogens is 1. The third kappa shape index (κ3) is 14.5. The van der Waals surface area contributed by atoms with Crippen molar-refractivity contribution in [3.05, 3.63) is 46.7 Å². The number of likely N-dealkylation sites (tertiary alicyclic amines) is 2. The van der Waals surface area contributed by atoms with Crippen molar-refractivity contribution in [2.75, 3.05) is 44.7 Å². The van der Waals surface area contributed by atoms with Gasteiger partial charge in [-0.25, -0.2) is 4.79 Å². The van der Waals surface area contributed by atoms with Crippen LogP contribution in [0, 0.1) is 7.43 Å². The molecule has 1 N–H and O–H groups in total. The Morgan fingerprint density at radius 3 is 1.72 bits per heavy atom. The van der Waals surface area contributed by atoms with Crippen molar-refractivity contribution < 1.29 is 14.4 Å². The SMILES string of the molecule is CC(C)c1cnn2c(=O)[nH]c(OC3CCN(C)CC3)nc12.CC(C)c1cnn2c(Cl)nc(OC3CCN(C)CC3)nc12.CCI.[CH3-].[I][V]([I])[I]. The number of hydrogen-bond acceptors (Lipinski definition) is 10. The maximum atomic E-state index is 12.0. The van der Waals surface area contributed by atoms with E-state index in [1.807, 2.05) is 0 Å². The molecule has 2 saturated heterocycles. The van der Waals surface area contributed by atoms with Gasteiger partial charge in [0, 0.05) is 37.3 Å². The van der Waals surface area contributed by atoms with Crippen molar-refractivity contribution in [3.8, 4) is 12.0 Å². The summed E-state index contributed by atoms with van der Waals surface area (Å²) in [5.41, 5.74) is 3.00. The topological polar surface area (TPSA) is 131 Å². The Bertz CT molecular complexity index is 1640. The fourth-order valence-corrected chi connectivity index (χ4v) is 5.36. The number of fused-ring (bicyclic) bond motifs is 2. The summed E-state index contributed by atoms with van der Waals surface area (Å²) in [6, 6.07) is 0.647. The van der Waals surface area contributed by atoms with Crippen LogP contribution in [-0.4, -0.2) is 106 Å². The Balaban J connectivity index is 0.000000288. The summed E-state index contributed by atoms with van der Waals surface area (Å²) >= 11 is 15.9. The molecule has 4 aromatic rings. The van der Waals surface area contributed by atoms with Crippen LogP contribution in [0.1, 0.15) is 83.3 Å². The molecule has 282 valence electrons. The van der Waals surface area contributed by atoms with Gasteiger partial charge in [-0.3, -0.25) is 4.98 Å². The summed E-state index contributed by atoms with van der Waals surface area (Å²) < 4.78 is 15.8. The molecule has 0 aromatic carbocycles. The van der Waals surface area contributed by atoms with E-state index in [1.54, 1.807) is 16.9 Å². The van der Waals surface area contributed by atoms with Gasteiger partial charge in [0.25, 0.3) is 6.01 Å². The molecule has 6 rings (SSSR count). The molecule has 0 amide bonds. The fraction of sp³-hybridized carbons (Fsp3) is 0.645. The number of ether oxygens (including phenoxy) is 2. The van der Waals surface area contributed by atoms with E-state index in [2.05, 4.69) is 171 Å². The number of alkyl halides is 1. The van der Waals surface area contributed by atoms with E-state index in [0.717, 1.165) is 68.6 Å².